The molecule has 6 nitrogen and oxygen atoms in total. The lowest BCUT2D eigenvalue weighted by Crippen LogP contribution is -2.48. The third-order valence-electron chi connectivity index (χ3n) is 2.45. The van der Waals surface area contributed by atoms with E-state index in [2.05, 4.69) is 20.6 Å². The summed E-state index contributed by atoms with van der Waals surface area (Å²) in [4.78, 5) is 20.0. The van der Waals surface area contributed by atoms with Crippen LogP contribution in [0.2, 0.25) is 0 Å². The maximum absolute atomic E-state index is 11.9. The number of nitrogens with one attached hydrogen (secondary N) is 2. The zero-order valence-corrected chi connectivity index (χ0v) is 10.8. The van der Waals surface area contributed by atoms with Gasteiger partial charge in [-0.2, -0.15) is 4.98 Å². The minimum Gasteiger partial charge on any atom is -0.467 e. The van der Waals surface area contributed by atoms with E-state index in [-0.39, 0.29) is 11.9 Å². The summed E-state index contributed by atoms with van der Waals surface area (Å²) < 4.78 is 4.94. The second-order valence-electron chi connectivity index (χ2n) is 4.21. The van der Waals surface area contributed by atoms with Crippen molar-refractivity contribution in [2.45, 2.75) is 26.3 Å². The number of hydrogen-bond donors (Lipinski definition) is 2. The van der Waals surface area contributed by atoms with Crippen molar-refractivity contribution >= 4 is 11.7 Å². The Bertz CT molecular complexity index is 418. The summed E-state index contributed by atoms with van der Waals surface area (Å²) in [5.41, 5.74) is 0.0703. The van der Waals surface area contributed by atoms with Crippen LogP contribution in [-0.4, -0.2) is 35.6 Å². The molecule has 1 heterocycles. The number of carbonyl (C=O) groups excluding carboxylic acids is 1. The predicted molar refractivity (Wildman–Crippen MR) is 65.1 cm³/mol. The van der Waals surface area contributed by atoms with Crippen LogP contribution >= 0.6 is 0 Å². The third kappa shape index (κ3) is 3.39. The van der Waals surface area contributed by atoms with Gasteiger partial charge in [0, 0.05) is 11.8 Å². The molecular weight excluding hydrogens is 220 g/mol. The number of aromatic nitrogens is 2. The highest BCUT2D eigenvalue weighted by atomic mass is 16.5. The molecule has 0 saturated carbocycles. The zero-order chi connectivity index (χ0) is 13.1. The first kappa shape index (κ1) is 13.4. The summed E-state index contributed by atoms with van der Waals surface area (Å²) in [6.07, 6.45) is 0. The van der Waals surface area contributed by atoms with Gasteiger partial charge in [-0.1, -0.05) is 0 Å². The Hall–Kier alpha value is -1.69. The monoisotopic (exact) mass is 238 g/mol. The molecule has 6 heteroatoms. The van der Waals surface area contributed by atoms with Gasteiger partial charge in [-0.25, -0.2) is 4.98 Å². The number of hydrogen-bond acceptors (Lipinski definition) is 5. The lowest BCUT2D eigenvalue weighted by Gasteiger charge is -2.22. The Labute approximate surface area is 101 Å². The molecule has 0 atom stereocenters. The van der Waals surface area contributed by atoms with Crippen LogP contribution in [0.1, 0.15) is 19.5 Å². The molecule has 0 bridgehead atoms. The first-order chi connectivity index (χ1) is 7.89. The maximum Gasteiger partial charge on any atom is 0.318 e. The molecule has 0 fully saturated rings. The number of aryl methyl sites for hydroxylation is 1. The summed E-state index contributed by atoms with van der Waals surface area (Å²) in [5, 5.41) is 5.63. The SMILES string of the molecule is CNC(C)(C)C(=O)Nc1cc(C)nc(OC)n1. The molecule has 94 valence electrons. The lowest BCUT2D eigenvalue weighted by molar-refractivity contribution is -0.121. The molecule has 2 N–H and O–H groups in total. The van der Waals surface area contributed by atoms with Gasteiger partial charge in [0.2, 0.25) is 5.91 Å². The van der Waals surface area contributed by atoms with Crippen LogP contribution in [0.3, 0.4) is 0 Å². The molecule has 0 spiro atoms. The van der Waals surface area contributed by atoms with Crippen molar-refractivity contribution in [3.63, 3.8) is 0 Å². The van der Waals surface area contributed by atoms with Gasteiger partial charge in [0.15, 0.2) is 0 Å². The molecule has 1 aromatic rings. The predicted octanol–water partition coefficient (Wildman–Crippen LogP) is 0.730. The first-order valence-corrected chi connectivity index (χ1v) is 5.29. The van der Waals surface area contributed by atoms with E-state index in [9.17, 15) is 4.79 Å². The molecule has 0 aromatic carbocycles. The van der Waals surface area contributed by atoms with Gasteiger partial charge in [-0.15, -0.1) is 0 Å². The Kier molecular flexibility index (Phi) is 4.01. The van der Waals surface area contributed by atoms with Crippen LogP contribution in [0, 0.1) is 6.92 Å². The topological polar surface area (TPSA) is 76.1 Å². The van der Waals surface area contributed by atoms with Crippen LogP contribution in [0.4, 0.5) is 5.82 Å². The lowest BCUT2D eigenvalue weighted by atomic mass is 10.1. The summed E-state index contributed by atoms with van der Waals surface area (Å²) in [6, 6.07) is 1.93. The normalized spacial score (nSPS) is 11.1. The van der Waals surface area contributed by atoms with Crippen molar-refractivity contribution in [1.29, 1.82) is 0 Å². The second-order valence-corrected chi connectivity index (χ2v) is 4.21. The zero-order valence-electron chi connectivity index (χ0n) is 10.8. The Morgan fingerprint density at radius 3 is 2.59 bits per heavy atom. The summed E-state index contributed by atoms with van der Waals surface area (Å²) in [6.45, 7) is 5.38. The van der Waals surface area contributed by atoms with Crippen molar-refractivity contribution in [2.24, 2.45) is 0 Å². The standard InChI is InChI=1S/C11H18N4O2/c1-7-6-8(15-10(13-7)17-5)14-9(16)11(2,3)12-4/h6,12H,1-5H3,(H,13,14,15,16). The Balaban J connectivity index is 2.88. The smallest absolute Gasteiger partial charge is 0.318 e. The van der Waals surface area contributed by atoms with E-state index in [1.807, 2.05) is 6.92 Å². The number of amides is 1. The number of carbonyl (C=O) groups is 1. The largest absolute Gasteiger partial charge is 0.467 e. The fourth-order valence-corrected chi connectivity index (χ4v) is 1.08. The van der Waals surface area contributed by atoms with Crippen molar-refractivity contribution in [3.8, 4) is 6.01 Å². The summed E-state index contributed by atoms with van der Waals surface area (Å²) in [7, 11) is 3.21. The van der Waals surface area contributed by atoms with E-state index in [4.69, 9.17) is 4.74 Å². The van der Waals surface area contributed by atoms with Crippen LogP contribution in [0.15, 0.2) is 6.07 Å². The average Bonchev–Trinajstić information content (AvgIpc) is 2.28. The second kappa shape index (κ2) is 5.09. The molecular formula is C11H18N4O2. The Morgan fingerprint density at radius 1 is 1.41 bits per heavy atom. The van der Waals surface area contributed by atoms with E-state index in [1.165, 1.54) is 7.11 Å². The van der Waals surface area contributed by atoms with Gasteiger partial charge in [0.05, 0.1) is 12.6 Å². The van der Waals surface area contributed by atoms with Gasteiger partial charge in [0.25, 0.3) is 0 Å². The molecule has 0 unspecified atom stereocenters. The number of anilines is 1. The fraction of sp³-hybridized carbons (Fsp3) is 0.545. The number of nitrogens with zero attached hydrogens (tertiary/aromatic N) is 2. The molecule has 0 radical (unpaired) electrons. The molecule has 0 aliphatic heterocycles. The van der Waals surface area contributed by atoms with E-state index in [0.717, 1.165) is 5.69 Å². The first-order valence-electron chi connectivity index (χ1n) is 5.29. The quantitative estimate of drug-likeness (QED) is 0.808. The molecule has 17 heavy (non-hydrogen) atoms. The average molecular weight is 238 g/mol. The molecule has 1 rings (SSSR count). The summed E-state index contributed by atoms with van der Waals surface area (Å²) in [5.74, 6) is 0.267. The van der Waals surface area contributed by atoms with Crippen molar-refractivity contribution < 1.29 is 9.53 Å². The van der Waals surface area contributed by atoms with Crippen LogP contribution in [0.25, 0.3) is 0 Å². The molecule has 0 saturated heterocycles. The number of rotatable bonds is 4. The van der Waals surface area contributed by atoms with Gasteiger partial charge in [-0.3, -0.25) is 4.79 Å². The highest BCUT2D eigenvalue weighted by Crippen LogP contribution is 2.13. The minimum atomic E-state index is -0.661. The van der Waals surface area contributed by atoms with E-state index in [1.54, 1.807) is 27.0 Å². The Morgan fingerprint density at radius 2 is 2.06 bits per heavy atom. The fourth-order valence-electron chi connectivity index (χ4n) is 1.08. The highest BCUT2D eigenvalue weighted by Gasteiger charge is 2.25. The minimum absolute atomic E-state index is 0.167. The van der Waals surface area contributed by atoms with E-state index >= 15 is 0 Å². The van der Waals surface area contributed by atoms with Gasteiger partial charge < -0.3 is 15.4 Å². The molecule has 1 amide bonds. The molecule has 0 aliphatic rings. The summed E-state index contributed by atoms with van der Waals surface area (Å²) >= 11 is 0. The van der Waals surface area contributed by atoms with Crippen LogP contribution in [-0.2, 0) is 4.79 Å². The van der Waals surface area contributed by atoms with Gasteiger partial charge in [0.1, 0.15) is 5.82 Å². The number of ether oxygens (including phenoxy) is 1. The van der Waals surface area contributed by atoms with Crippen molar-refractivity contribution in [1.82, 2.24) is 15.3 Å². The van der Waals surface area contributed by atoms with Gasteiger partial charge in [-0.05, 0) is 27.8 Å². The highest BCUT2D eigenvalue weighted by molar-refractivity contribution is 5.96. The molecule has 0 aliphatic carbocycles. The van der Waals surface area contributed by atoms with E-state index in [0.29, 0.717) is 5.82 Å². The number of methoxy groups -OCH3 is 1. The maximum atomic E-state index is 11.9. The molecule has 1 aromatic heterocycles. The van der Waals surface area contributed by atoms with Gasteiger partial charge >= 0.3 is 6.01 Å². The van der Waals surface area contributed by atoms with Crippen LogP contribution < -0.4 is 15.4 Å². The van der Waals surface area contributed by atoms with Crippen molar-refractivity contribution in [3.05, 3.63) is 11.8 Å². The van der Waals surface area contributed by atoms with Crippen molar-refractivity contribution in [2.75, 3.05) is 19.5 Å². The number of likely N-dealkylation sites (N-methyl/N-ethyl adjacent to an activating group) is 1. The third-order valence-corrected chi connectivity index (χ3v) is 2.45. The van der Waals surface area contributed by atoms with E-state index < -0.39 is 5.54 Å². The van der Waals surface area contributed by atoms with Crippen LogP contribution in [0.5, 0.6) is 6.01 Å².